The Morgan fingerprint density at radius 1 is 1.53 bits per heavy atom. The normalized spacial score (nSPS) is 26.1. The van der Waals surface area contributed by atoms with Gasteiger partial charge in [0.1, 0.15) is 0 Å². The lowest BCUT2D eigenvalue weighted by Gasteiger charge is -2.37. The molecule has 0 aromatic rings. The van der Waals surface area contributed by atoms with Crippen molar-refractivity contribution in [3.05, 3.63) is 12.2 Å². The molecule has 0 radical (unpaired) electrons. The van der Waals surface area contributed by atoms with Gasteiger partial charge in [0.2, 0.25) is 0 Å². The van der Waals surface area contributed by atoms with E-state index in [0.717, 1.165) is 39.0 Å². The second-order valence-corrected chi connectivity index (χ2v) is 5.13. The molecule has 0 saturated carbocycles. The number of nitrogens with zero attached hydrogens (tertiary/aromatic N) is 1. The van der Waals surface area contributed by atoms with Crippen LogP contribution in [0.2, 0.25) is 0 Å². The third-order valence-electron chi connectivity index (χ3n) is 3.53. The van der Waals surface area contributed by atoms with Crippen LogP contribution in [0.25, 0.3) is 0 Å². The fourth-order valence-corrected chi connectivity index (χ4v) is 2.41. The highest BCUT2D eigenvalue weighted by molar-refractivity contribution is 5.01. The predicted molar refractivity (Wildman–Crippen MR) is 73.4 cm³/mol. The zero-order valence-corrected chi connectivity index (χ0v) is 11.7. The van der Waals surface area contributed by atoms with Gasteiger partial charge in [-0.15, -0.1) is 0 Å². The molecule has 1 aliphatic heterocycles. The SMILES string of the molecule is C=C(CNCCC)CN1CCC(OC)CC1C. The number of piperidine rings is 1. The highest BCUT2D eigenvalue weighted by Gasteiger charge is 2.25. The molecule has 0 aliphatic carbocycles. The van der Waals surface area contributed by atoms with Crippen LogP contribution in [0.5, 0.6) is 0 Å². The summed E-state index contributed by atoms with van der Waals surface area (Å²) in [5.74, 6) is 0. The van der Waals surface area contributed by atoms with Crippen LogP contribution in [-0.4, -0.2) is 50.3 Å². The third-order valence-corrected chi connectivity index (χ3v) is 3.53. The summed E-state index contributed by atoms with van der Waals surface area (Å²) < 4.78 is 5.43. The first-order chi connectivity index (χ1) is 8.17. The Hall–Kier alpha value is -0.380. The average molecular weight is 240 g/mol. The van der Waals surface area contributed by atoms with E-state index in [0.29, 0.717) is 12.1 Å². The summed E-state index contributed by atoms with van der Waals surface area (Å²) >= 11 is 0. The van der Waals surface area contributed by atoms with E-state index in [-0.39, 0.29) is 0 Å². The van der Waals surface area contributed by atoms with Crippen LogP contribution >= 0.6 is 0 Å². The zero-order chi connectivity index (χ0) is 12.7. The summed E-state index contributed by atoms with van der Waals surface area (Å²) in [6.07, 6.45) is 3.93. The van der Waals surface area contributed by atoms with Gasteiger partial charge < -0.3 is 10.1 Å². The standard InChI is InChI=1S/C14H28N2O/c1-5-7-15-10-12(2)11-16-8-6-14(17-4)9-13(16)3/h13-15H,2,5-11H2,1,3-4H3. The monoisotopic (exact) mass is 240 g/mol. The molecular formula is C14H28N2O. The number of ether oxygens (including phenoxy) is 1. The summed E-state index contributed by atoms with van der Waals surface area (Å²) in [7, 11) is 1.82. The Balaban J connectivity index is 2.24. The third kappa shape index (κ3) is 5.19. The van der Waals surface area contributed by atoms with Crippen LogP contribution < -0.4 is 5.32 Å². The summed E-state index contributed by atoms with van der Waals surface area (Å²) in [6.45, 7) is 12.8. The lowest BCUT2D eigenvalue weighted by atomic mass is 10.00. The van der Waals surface area contributed by atoms with E-state index >= 15 is 0 Å². The molecule has 0 bridgehead atoms. The van der Waals surface area contributed by atoms with Crippen molar-refractivity contribution < 1.29 is 4.74 Å². The summed E-state index contributed by atoms with van der Waals surface area (Å²) in [6, 6.07) is 0.608. The second kappa shape index (κ2) is 7.85. The van der Waals surface area contributed by atoms with Gasteiger partial charge in [0, 0.05) is 32.8 Å². The van der Waals surface area contributed by atoms with Gasteiger partial charge in [-0.25, -0.2) is 0 Å². The van der Waals surface area contributed by atoms with Crippen molar-refractivity contribution in [2.45, 2.75) is 45.3 Å². The van der Waals surface area contributed by atoms with Gasteiger partial charge in [-0.2, -0.15) is 0 Å². The lowest BCUT2D eigenvalue weighted by molar-refractivity contribution is 0.0193. The van der Waals surface area contributed by atoms with E-state index in [2.05, 4.69) is 30.6 Å². The Morgan fingerprint density at radius 3 is 2.88 bits per heavy atom. The van der Waals surface area contributed by atoms with Crippen molar-refractivity contribution in [1.29, 1.82) is 0 Å². The highest BCUT2D eigenvalue weighted by Crippen LogP contribution is 2.19. The van der Waals surface area contributed by atoms with Gasteiger partial charge >= 0.3 is 0 Å². The van der Waals surface area contributed by atoms with Gasteiger partial charge in [0.05, 0.1) is 6.10 Å². The van der Waals surface area contributed by atoms with Crippen LogP contribution in [0.1, 0.15) is 33.1 Å². The second-order valence-electron chi connectivity index (χ2n) is 5.13. The number of nitrogens with one attached hydrogen (secondary N) is 1. The van der Waals surface area contributed by atoms with Crippen LogP contribution in [0.3, 0.4) is 0 Å². The van der Waals surface area contributed by atoms with Crippen LogP contribution in [0.4, 0.5) is 0 Å². The summed E-state index contributed by atoms with van der Waals surface area (Å²) in [5, 5.41) is 3.41. The van der Waals surface area contributed by atoms with E-state index in [1.807, 2.05) is 7.11 Å². The van der Waals surface area contributed by atoms with Crippen molar-refractivity contribution in [3.63, 3.8) is 0 Å². The van der Waals surface area contributed by atoms with Gasteiger partial charge in [-0.3, -0.25) is 4.90 Å². The molecule has 2 atom stereocenters. The number of hydrogen-bond acceptors (Lipinski definition) is 3. The maximum atomic E-state index is 5.43. The Morgan fingerprint density at radius 2 is 2.29 bits per heavy atom. The van der Waals surface area contributed by atoms with E-state index in [4.69, 9.17) is 4.74 Å². The van der Waals surface area contributed by atoms with Crippen LogP contribution in [-0.2, 0) is 4.74 Å². The lowest BCUT2D eigenvalue weighted by Crippen LogP contribution is -2.44. The molecule has 3 nitrogen and oxygen atoms in total. The molecule has 1 rings (SSSR count). The average Bonchev–Trinajstić information content (AvgIpc) is 2.32. The van der Waals surface area contributed by atoms with Crippen molar-refractivity contribution in [2.24, 2.45) is 0 Å². The zero-order valence-electron chi connectivity index (χ0n) is 11.7. The molecule has 100 valence electrons. The van der Waals surface area contributed by atoms with Crippen molar-refractivity contribution in [2.75, 3.05) is 33.3 Å². The van der Waals surface area contributed by atoms with Gasteiger partial charge in [-0.1, -0.05) is 13.5 Å². The largest absolute Gasteiger partial charge is 0.381 e. The minimum atomic E-state index is 0.452. The molecule has 1 N–H and O–H groups in total. The molecule has 2 unspecified atom stereocenters. The van der Waals surface area contributed by atoms with Crippen molar-refractivity contribution in [1.82, 2.24) is 10.2 Å². The van der Waals surface area contributed by atoms with Gasteiger partial charge in [-0.05, 0) is 38.3 Å². The van der Waals surface area contributed by atoms with Crippen molar-refractivity contribution in [3.8, 4) is 0 Å². The van der Waals surface area contributed by atoms with Gasteiger partial charge in [0.25, 0.3) is 0 Å². The van der Waals surface area contributed by atoms with E-state index in [1.165, 1.54) is 12.0 Å². The first kappa shape index (κ1) is 14.7. The van der Waals surface area contributed by atoms with E-state index in [9.17, 15) is 0 Å². The maximum absolute atomic E-state index is 5.43. The highest BCUT2D eigenvalue weighted by atomic mass is 16.5. The molecule has 1 saturated heterocycles. The first-order valence-corrected chi connectivity index (χ1v) is 6.81. The molecule has 17 heavy (non-hydrogen) atoms. The van der Waals surface area contributed by atoms with E-state index in [1.54, 1.807) is 0 Å². The van der Waals surface area contributed by atoms with Crippen molar-refractivity contribution >= 4 is 0 Å². The molecule has 0 amide bonds. The Bertz CT molecular complexity index is 230. The first-order valence-electron chi connectivity index (χ1n) is 6.81. The molecule has 1 fully saturated rings. The van der Waals surface area contributed by atoms with Gasteiger partial charge in [0.15, 0.2) is 0 Å². The molecule has 1 aliphatic rings. The molecule has 0 spiro atoms. The summed E-state index contributed by atoms with van der Waals surface area (Å²) in [4.78, 5) is 2.52. The molecule has 0 aromatic carbocycles. The number of methoxy groups -OCH3 is 1. The smallest absolute Gasteiger partial charge is 0.0598 e. The molecule has 0 aromatic heterocycles. The minimum Gasteiger partial charge on any atom is -0.381 e. The Kier molecular flexibility index (Phi) is 6.78. The summed E-state index contributed by atoms with van der Waals surface area (Å²) in [5.41, 5.74) is 1.29. The minimum absolute atomic E-state index is 0.452. The van der Waals surface area contributed by atoms with E-state index < -0.39 is 0 Å². The fourth-order valence-electron chi connectivity index (χ4n) is 2.41. The number of hydrogen-bond donors (Lipinski definition) is 1. The fraction of sp³-hybridized carbons (Fsp3) is 0.857. The number of rotatable bonds is 7. The van der Waals surface area contributed by atoms with Crippen LogP contribution in [0, 0.1) is 0 Å². The number of likely N-dealkylation sites (tertiary alicyclic amines) is 1. The maximum Gasteiger partial charge on any atom is 0.0598 e. The molecule has 1 heterocycles. The Labute approximate surface area is 106 Å². The molecular weight excluding hydrogens is 212 g/mol. The molecule has 3 heteroatoms. The predicted octanol–water partition coefficient (Wildman–Crippen LogP) is 2.04. The topological polar surface area (TPSA) is 24.5 Å². The van der Waals surface area contributed by atoms with Crippen LogP contribution in [0.15, 0.2) is 12.2 Å². The quantitative estimate of drug-likeness (QED) is 0.544.